The molecule has 0 heterocycles. The van der Waals surface area contributed by atoms with Crippen LogP contribution >= 0.6 is 11.6 Å². The molecule has 0 saturated heterocycles. The summed E-state index contributed by atoms with van der Waals surface area (Å²) in [6.07, 6.45) is 2.97. The minimum atomic E-state index is 0.104. The summed E-state index contributed by atoms with van der Waals surface area (Å²) in [5.74, 6) is 0. The zero-order valence-electron chi connectivity index (χ0n) is 7.13. The van der Waals surface area contributed by atoms with E-state index in [0.29, 0.717) is 0 Å². The van der Waals surface area contributed by atoms with Gasteiger partial charge in [-0.05, 0) is 30.5 Å². The van der Waals surface area contributed by atoms with Gasteiger partial charge in [0.1, 0.15) is 0 Å². The van der Waals surface area contributed by atoms with Crippen LogP contribution in [0.15, 0.2) is 24.3 Å². The predicted molar refractivity (Wildman–Crippen MR) is 53.0 cm³/mol. The van der Waals surface area contributed by atoms with Gasteiger partial charge in [-0.2, -0.15) is 0 Å². The van der Waals surface area contributed by atoms with E-state index in [1.165, 1.54) is 0 Å². The fraction of sp³-hybridized carbons (Fsp3) is 0.300. The maximum absolute atomic E-state index is 5.88. The lowest BCUT2D eigenvalue weighted by molar-refractivity contribution is 0.712. The second kappa shape index (κ2) is 4.48. The van der Waals surface area contributed by atoms with Gasteiger partial charge in [0.2, 0.25) is 0 Å². The molecule has 1 radical (unpaired) electrons. The van der Waals surface area contributed by atoms with Crippen LogP contribution in [0.3, 0.4) is 0 Å². The Balaban J connectivity index is 2.68. The van der Waals surface area contributed by atoms with Crippen LogP contribution in [0.1, 0.15) is 24.9 Å². The van der Waals surface area contributed by atoms with E-state index >= 15 is 0 Å². The van der Waals surface area contributed by atoms with Crippen LogP contribution in [-0.4, -0.2) is 0 Å². The van der Waals surface area contributed by atoms with Crippen molar-refractivity contribution in [3.63, 3.8) is 0 Å². The molecule has 2 N–H and O–H groups in total. The lowest BCUT2D eigenvalue weighted by atomic mass is 10.0. The van der Waals surface area contributed by atoms with Gasteiger partial charge in [-0.25, -0.2) is 0 Å². The Labute approximate surface area is 78.5 Å². The first-order valence-electron chi connectivity index (χ1n) is 4.03. The average Bonchev–Trinajstić information content (AvgIpc) is 2.06. The van der Waals surface area contributed by atoms with Gasteiger partial charge in [0.05, 0.1) is 0 Å². The molecule has 2 heteroatoms. The van der Waals surface area contributed by atoms with Gasteiger partial charge in [0.15, 0.2) is 0 Å². The molecule has 0 spiro atoms. The lowest BCUT2D eigenvalue weighted by Crippen LogP contribution is -2.09. The third kappa shape index (κ3) is 2.50. The van der Waals surface area contributed by atoms with Gasteiger partial charge in [-0.3, -0.25) is 0 Å². The Hall–Kier alpha value is -0.530. The fourth-order valence-corrected chi connectivity index (χ4v) is 1.23. The SMILES string of the molecule is C[CH]CC(N)c1ccc(Cl)cc1. The Morgan fingerprint density at radius 1 is 1.42 bits per heavy atom. The molecule has 1 aromatic carbocycles. The van der Waals surface area contributed by atoms with Crippen molar-refractivity contribution in [1.29, 1.82) is 0 Å². The number of hydrogen-bond donors (Lipinski definition) is 1. The fourth-order valence-electron chi connectivity index (χ4n) is 1.10. The first-order valence-corrected chi connectivity index (χ1v) is 4.40. The monoisotopic (exact) mass is 182 g/mol. The second-order valence-corrected chi connectivity index (χ2v) is 3.24. The summed E-state index contributed by atoms with van der Waals surface area (Å²) in [6.45, 7) is 2.01. The zero-order valence-corrected chi connectivity index (χ0v) is 7.88. The Bertz CT molecular complexity index is 230. The third-order valence-electron chi connectivity index (χ3n) is 1.79. The van der Waals surface area contributed by atoms with Gasteiger partial charge >= 0.3 is 0 Å². The van der Waals surface area contributed by atoms with Gasteiger partial charge in [0, 0.05) is 11.1 Å². The molecule has 0 amide bonds. The van der Waals surface area contributed by atoms with E-state index in [4.69, 9.17) is 17.3 Å². The van der Waals surface area contributed by atoms with Crippen LogP contribution in [0.5, 0.6) is 0 Å². The van der Waals surface area contributed by atoms with Crippen LogP contribution in [0.25, 0.3) is 0 Å². The van der Waals surface area contributed by atoms with Crippen LogP contribution in [-0.2, 0) is 0 Å². The van der Waals surface area contributed by atoms with Crippen LogP contribution in [0, 0.1) is 6.42 Å². The van der Waals surface area contributed by atoms with Gasteiger partial charge in [-0.15, -0.1) is 0 Å². The molecular formula is C10H13ClN. The quantitative estimate of drug-likeness (QED) is 0.765. The van der Waals surface area contributed by atoms with Crippen molar-refractivity contribution in [2.24, 2.45) is 5.73 Å². The van der Waals surface area contributed by atoms with Crippen molar-refractivity contribution < 1.29 is 0 Å². The summed E-state index contributed by atoms with van der Waals surface area (Å²) in [5.41, 5.74) is 7.02. The summed E-state index contributed by atoms with van der Waals surface area (Å²) in [7, 11) is 0. The molecule has 0 fully saturated rings. The number of halogens is 1. The van der Waals surface area contributed by atoms with E-state index in [1.807, 2.05) is 31.2 Å². The molecule has 65 valence electrons. The standard InChI is InChI=1S/C10H13ClN/c1-2-3-10(12)8-4-6-9(11)7-5-8/h2,4-7,10H,3,12H2,1H3. The first-order chi connectivity index (χ1) is 5.74. The van der Waals surface area contributed by atoms with Gasteiger partial charge in [-0.1, -0.05) is 30.7 Å². The second-order valence-electron chi connectivity index (χ2n) is 2.80. The van der Waals surface area contributed by atoms with Crippen molar-refractivity contribution in [2.45, 2.75) is 19.4 Å². The topological polar surface area (TPSA) is 26.0 Å². The minimum Gasteiger partial charge on any atom is -0.324 e. The normalized spacial score (nSPS) is 12.9. The lowest BCUT2D eigenvalue weighted by Gasteiger charge is -2.09. The molecule has 12 heavy (non-hydrogen) atoms. The Kier molecular flexibility index (Phi) is 3.57. The van der Waals surface area contributed by atoms with Gasteiger partial charge < -0.3 is 5.73 Å². The largest absolute Gasteiger partial charge is 0.324 e. The summed E-state index contributed by atoms with van der Waals surface area (Å²) in [4.78, 5) is 0. The predicted octanol–water partition coefficient (Wildman–Crippen LogP) is 2.95. The minimum absolute atomic E-state index is 0.104. The number of hydrogen-bond acceptors (Lipinski definition) is 1. The van der Waals surface area contributed by atoms with Crippen LogP contribution in [0.2, 0.25) is 5.02 Å². The molecule has 0 aliphatic rings. The highest BCUT2D eigenvalue weighted by molar-refractivity contribution is 6.30. The van der Waals surface area contributed by atoms with E-state index in [1.54, 1.807) is 0 Å². The number of benzene rings is 1. The molecular weight excluding hydrogens is 170 g/mol. The van der Waals surface area contributed by atoms with E-state index < -0.39 is 0 Å². The van der Waals surface area contributed by atoms with Crippen molar-refractivity contribution in [1.82, 2.24) is 0 Å². The van der Waals surface area contributed by atoms with Crippen LogP contribution in [0.4, 0.5) is 0 Å². The Morgan fingerprint density at radius 2 is 2.00 bits per heavy atom. The van der Waals surface area contributed by atoms with Gasteiger partial charge in [0.25, 0.3) is 0 Å². The molecule has 1 aromatic rings. The molecule has 1 rings (SSSR count). The number of nitrogens with two attached hydrogens (primary N) is 1. The third-order valence-corrected chi connectivity index (χ3v) is 2.04. The zero-order chi connectivity index (χ0) is 8.97. The van der Waals surface area contributed by atoms with E-state index in [0.717, 1.165) is 17.0 Å². The molecule has 0 aliphatic heterocycles. The summed E-state index contributed by atoms with van der Waals surface area (Å²) >= 11 is 5.74. The summed E-state index contributed by atoms with van der Waals surface area (Å²) in [6, 6.07) is 7.78. The molecule has 0 aromatic heterocycles. The highest BCUT2D eigenvalue weighted by Gasteiger charge is 2.03. The van der Waals surface area contributed by atoms with Crippen molar-refractivity contribution in [3.8, 4) is 0 Å². The summed E-state index contributed by atoms with van der Waals surface area (Å²) < 4.78 is 0. The smallest absolute Gasteiger partial charge is 0.0406 e. The Morgan fingerprint density at radius 3 is 2.50 bits per heavy atom. The van der Waals surface area contributed by atoms with E-state index in [-0.39, 0.29) is 6.04 Å². The first kappa shape index (κ1) is 9.56. The molecule has 1 atom stereocenters. The molecule has 0 saturated carbocycles. The molecule has 1 unspecified atom stereocenters. The maximum atomic E-state index is 5.88. The molecule has 0 aliphatic carbocycles. The summed E-state index contributed by atoms with van der Waals surface area (Å²) in [5, 5.41) is 0.756. The van der Waals surface area contributed by atoms with Crippen LogP contribution < -0.4 is 5.73 Å². The van der Waals surface area contributed by atoms with Crippen molar-refractivity contribution in [3.05, 3.63) is 41.3 Å². The maximum Gasteiger partial charge on any atom is 0.0406 e. The van der Waals surface area contributed by atoms with E-state index in [9.17, 15) is 0 Å². The van der Waals surface area contributed by atoms with Crippen molar-refractivity contribution >= 4 is 11.6 Å². The average molecular weight is 183 g/mol. The highest BCUT2D eigenvalue weighted by Crippen LogP contribution is 2.17. The van der Waals surface area contributed by atoms with Crippen molar-refractivity contribution in [2.75, 3.05) is 0 Å². The highest BCUT2D eigenvalue weighted by atomic mass is 35.5. The molecule has 0 bridgehead atoms. The molecule has 1 nitrogen and oxygen atoms in total. The number of rotatable bonds is 3. The van der Waals surface area contributed by atoms with E-state index in [2.05, 4.69) is 6.42 Å².